The Morgan fingerprint density at radius 1 is 1.33 bits per heavy atom. The van der Waals surface area contributed by atoms with Gasteiger partial charge in [0.15, 0.2) is 0 Å². The van der Waals surface area contributed by atoms with E-state index >= 15 is 0 Å². The average molecular weight is 209 g/mol. The molecule has 84 valence electrons. The molecule has 0 radical (unpaired) electrons. The molecule has 0 aliphatic rings. The first kappa shape index (κ1) is 11.9. The van der Waals surface area contributed by atoms with E-state index in [-0.39, 0.29) is 5.69 Å². The molecule has 0 amide bonds. The highest BCUT2D eigenvalue weighted by Crippen LogP contribution is 2.01. The summed E-state index contributed by atoms with van der Waals surface area (Å²) >= 11 is 0. The summed E-state index contributed by atoms with van der Waals surface area (Å²) in [5.41, 5.74) is 7.04. The Morgan fingerprint density at radius 2 is 2.07 bits per heavy atom. The van der Waals surface area contributed by atoms with Gasteiger partial charge in [-0.1, -0.05) is 6.42 Å². The molecule has 4 heteroatoms. The molecule has 0 bridgehead atoms. The second kappa shape index (κ2) is 5.66. The molecular weight excluding hydrogens is 190 g/mol. The van der Waals surface area contributed by atoms with Crippen molar-refractivity contribution in [2.75, 3.05) is 6.54 Å². The second-order valence-corrected chi connectivity index (χ2v) is 3.82. The fourth-order valence-corrected chi connectivity index (χ4v) is 1.64. The van der Waals surface area contributed by atoms with E-state index in [1.807, 2.05) is 19.9 Å². The molecule has 15 heavy (non-hydrogen) atoms. The minimum atomic E-state index is -0.139. The van der Waals surface area contributed by atoms with Gasteiger partial charge in [-0.15, -0.1) is 0 Å². The van der Waals surface area contributed by atoms with Gasteiger partial charge in [-0.25, -0.2) is 4.79 Å². The number of hydrogen-bond acceptors (Lipinski definition) is 3. The first-order valence-electron chi connectivity index (χ1n) is 5.40. The molecular formula is C11H19N3O. The molecule has 0 atom stereocenters. The molecule has 0 aromatic carbocycles. The maximum atomic E-state index is 11.6. The van der Waals surface area contributed by atoms with Crippen LogP contribution in [0.4, 0.5) is 0 Å². The molecule has 2 N–H and O–H groups in total. The molecule has 1 rings (SSSR count). The Morgan fingerprint density at radius 3 is 2.67 bits per heavy atom. The fraction of sp³-hybridized carbons (Fsp3) is 0.636. The lowest BCUT2D eigenvalue weighted by atomic mass is 10.2. The molecule has 4 nitrogen and oxygen atoms in total. The van der Waals surface area contributed by atoms with E-state index in [1.54, 1.807) is 4.57 Å². The molecule has 1 heterocycles. The number of aryl methyl sites for hydroxylation is 2. The van der Waals surface area contributed by atoms with Gasteiger partial charge in [0.05, 0.1) is 0 Å². The van der Waals surface area contributed by atoms with Crippen LogP contribution in [0, 0.1) is 13.8 Å². The van der Waals surface area contributed by atoms with E-state index < -0.39 is 0 Å². The van der Waals surface area contributed by atoms with Crippen LogP contribution >= 0.6 is 0 Å². The summed E-state index contributed by atoms with van der Waals surface area (Å²) < 4.78 is 1.73. The Kier molecular flexibility index (Phi) is 4.49. The highest BCUT2D eigenvalue weighted by atomic mass is 16.1. The predicted octanol–water partition coefficient (Wildman–Crippen LogP) is 0.989. The van der Waals surface area contributed by atoms with Crippen LogP contribution in [0.25, 0.3) is 0 Å². The topological polar surface area (TPSA) is 60.9 Å². The van der Waals surface area contributed by atoms with Crippen LogP contribution in [0.1, 0.15) is 30.7 Å². The van der Waals surface area contributed by atoms with E-state index in [1.165, 1.54) is 0 Å². The third-order valence-electron chi connectivity index (χ3n) is 2.43. The summed E-state index contributed by atoms with van der Waals surface area (Å²) in [6.07, 6.45) is 3.08. The van der Waals surface area contributed by atoms with Gasteiger partial charge in [0.1, 0.15) is 0 Å². The highest BCUT2D eigenvalue weighted by molar-refractivity contribution is 5.06. The van der Waals surface area contributed by atoms with E-state index in [0.29, 0.717) is 0 Å². The maximum absolute atomic E-state index is 11.6. The number of nitrogens with zero attached hydrogens (tertiary/aromatic N) is 2. The summed E-state index contributed by atoms with van der Waals surface area (Å²) in [6, 6.07) is 1.93. The SMILES string of the molecule is Cc1cc(C)n(CCCCCN)c(=O)n1. The largest absolute Gasteiger partial charge is 0.347 e. The van der Waals surface area contributed by atoms with Crippen molar-refractivity contribution < 1.29 is 0 Å². The fourth-order valence-electron chi connectivity index (χ4n) is 1.64. The Bertz CT molecular complexity index is 371. The summed E-state index contributed by atoms with van der Waals surface area (Å²) in [5.74, 6) is 0. The Balaban J connectivity index is 2.65. The van der Waals surface area contributed by atoms with Gasteiger partial charge in [0.25, 0.3) is 0 Å². The third-order valence-corrected chi connectivity index (χ3v) is 2.43. The Labute approximate surface area is 90.1 Å². The lowest BCUT2D eigenvalue weighted by Gasteiger charge is -2.08. The number of hydrogen-bond donors (Lipinski definition) is 1. The maximum Gasteiger partial charge on any atom is 0.347 e. The van der Waals surface area contributed by atoms with Gasteiger partial charge in [0.2, 0.25) is 0 Å². The predicted molar refractivity (Wildman–Crippen MR) is 60.9 cm³/mol. The van der Waals surface area contributed by atoms with Crippen LogP contribution in [0.3, 0.4) is 0 Å². The van der Waals surface area contributed by atoms with E-state index in [0.717, 1.165) is 43.7 Å². The van der Waals surface area contributed by atoms with Crippen LogP contribution < -0.4 is 11.4 Å². The lowest BCUT2D eigenvalue weighted by molar-refractivity contribution is 0.556. The molecule has 0 saturated carbocycles. The molecule has 1 aromatic rings. The number of rotatable bonds is 5. The minimum absolute atomic E-state index is 0.139. The van der Waals surface area contributed by atoms with Crippen LogP contribution in [0.15, 0.2) is 10.9 Å². The van der Waals surface area contributed by atoms with Crippen molar-refractivity contribution >= 4 is 0 Å². The number of unbranched alkanes of at least 4 members (excludes halogenated alkanes) is 2. The van der Waals surface area contributed by atoms with Crippen molar-refractivity contribution in [3.05, 3.63) is 27.9 Å². The molecule has 1 aromatic heterocycles. The zero-order valence-electron chi connectivity index (χ0n) is 9.49. The first-order chi connectivity index (χ1) is 7.15. The molecule has 0 aliphatic heterocycles. The minimum Gasteiger partial charge on any atom is -0.330 e. The lowest BCUT2D eigenvalue weighted by Crippen LogP contribution is -2.25. The van der Waals surface area contributed by atoms with Crippen molar-refractivity contribution in [3.63, 3.8) is 0 Å². The zero-order valence-corrected chi connectivity index (χ0v) is 9.49. The van der Waals surface area contributed by atoms with Crippen molar-refractivity contribution in [1.82, 2.24) is 9.55 Å². The van der Waals surface area contributed by atoms with E-state index in [4.69, 9.17) is 5.73 Å². The van der Waals surface area contributed by atoms with Crippen molar-refractivity contribution in [3.8, 4) is 0 Å². The highest BCUT2D eigenvalue weighted by Gasteiger charge is 2.01. The van der Waals surface area contributed by atoms with Crippen LogP contribution in [0.2, 0.25) is 0 Å². The summed E-state index contributed by atoms with van der Waals surface area (Å²) in [7, 11) is 0. The van der Waals surface area contributed by atoms with Crippen molar-refractivity contribution in [1.29, 1.82) is 0 Å². The van der Waals surface area contributed by atoms with Gasteiger partial charge in [-0.2, -0.15) is 4.98 Å². The first-order valence-corrected chi connectivity index (χ1v) is 5.40. The molecule has 0 fully saturated rings. The molecule has 0 aliphatic carbocycles. The standard InChI is InChI=1S/C11H19N3O/c1-9-8-10(2)14(11(15)13-9)7-5-3-4-6-12/h8H,3-7,12H2,1-2H3. The number of aromatic nitrogens is 2. The number of nitrogens with two attached hydrogens (primary N) is 1. The summed E-state index contributed by atoms with van der Waals surface area (Å²) in [6.45, 7) is 5.25. The molecule has 0 spiro atoms. The van der Waals surface area contributed by atoms with Gasteiger partial charge in [0, 0.05) is 17.9 Å². The molecule has 0 unspecified atom stereocenters. The van der Waals surface area contributed by atoms with Crippen molar-refractivity contribution in [2.45, 2.75) is 39.7 Å². The van der Waals surface area contributed by atoms with Gasteiger partial charge in [-0.05, 0) is 39.3 Å². The summed E-state index contributed by atoms with van der Waals surface area (Å²) in [5, 5.41) is 0. The van der Waals surface area contributed by atoms with Crippen LogP contribution in [-0.2, 0) is 6.54 Å². The van der Waals surface area contributed by atoms with Crippen LogP contribution in [0.5, 0.6) is 0 Å². The van der Waals surface area contributed by atoms with Crippen molar-refractivity contribution in [2.24, 2.45) is 5.73 Å². The van der Waals surface area contributed by atoms with Crippen LogP contribution in [-0.4, -0.2) is 16.1 Å². The van der Waals surface area contributed by atoms with Gasteiger partial charge in [-0.3, -0.25) is 4.57 Å². The third kappa shape index (κ3) is 3.47. The van der Waals surface area contributed by atoms with E-state index in [9.17, 15) is 4.79 Å². The Hall–Kier alpha value is -1.16. The average Bonchev–Trinajstić information content (AvgIpc) is 2.15. The molecule has 0 saturated heterocycles. The van der Waals surface area contributed by atoms with Gasteiger partial charge < -0.3 is 5.73 Å². The monoisotopic (exact) mass is 209 g/mol. The summed E-state index contributed by atoms with van der Waals surface area (Å²) in [4.78, 5) is 15.5. The quantitative estimate of drug-likeness (QED) is 0.736. The zero-order chi connectivity index (χ0) is 11.3. The second-order valence-electron chi connectivity index (χ2n) is 3.82. The van der Waals surface area contributed by atoms with Gasteiger partial charge >= 0.3 is 5.69 Å². The van der Waals surface area contributed by atoms with E-state index in [2.05, 4.69) is 4.98 Å². The smallest absolute Gasteiger partial charge is 0.330 e. The normalized spacial score (nSPS) is 10.6.